The maximum Gasteiger partial charge on any atom is 0.328 e. The maximum absolute atomic E-state index is 13.3. The van der Waals surface area contributed by atoms with Gasteiger partial charge in [-0.15, -0.1) is 0 Å². The van der Waals surface area contributed by atoms with Gasteiger partial charge < -0.3 is 10.4 Å². The second kappa shape index (κ2) is 3.96. The van der Waals surface area contributed by atoms with Gasteiger partial charge in [-0.25, -0.2) is 9.18 Å². The zero-order valence-corrected chi connectivity index (χ0v) is 8.83. The van der Waals surface area contributed by atoms with Gasteiger partial charge in [-0.1, -0.05) is 6.92 Å². The van der Waals surface area contributed by atoms with Gasteiger partial charge in [-0.2, -0.15) is 0 Å². The monoisotopic (exact) mass is 221 g/mol. The number of fused-ring (bicyclic) bond motifs is 1. The number of carboxylic acid groups (broad SMARTS) is 1. The van der Waals surface area contributed by atoms with Crippen molar-refractivity contribution in [1.82, 2.24) is 0 Å². The molecule has 0 saturated heterocycles. The number of carboxylic acids is 1. The van der Waals surface area contributed by atoms with Gasteiger partial charge in [0, 0.05) is 29.8 Å². The molecular weight excluding hydrogens is 209 g/mol. The first-order chi connectivity index (χ1) is 7.58. The number of halogens is 1. The summed E-state index contributed by atoms with van der Waals surface area (Å²) in [6.45, 7) is 2.76. The van der Waals surface area contributed by atoms with Crippen LogP contribution in [0, 0.1) is 5.82 Å². The SMILES string of the molecule is CC1CNc2c(/C=C/C(=O)O)cc(F)cc21. The molecule has 1 aliphatic heterocycles. The van der Waals surface area contributed by atoms with E-state index in [0.29, 0.717) is 5.56 Å². The van der Waals surface area contributed by atoms with Crippen molar-refractivity contribution in [3.05, 3.63) is 35.2 Å². The minimum absolute atomic E-state index is 0.252. The van der Waals surface area contributed by atoms with Gasteiger partial charge in [0.05, 0.1) is 0 Å². The van der Waals surface area contributed by atoms with E-state index >= 15 is 0 Å². The van der Waals surface area contributed by atoms with Crippen LogP contribution in [0.25, 0.3) is 6.08 Å². The van der Waals surface area contributed by atoms with E-state index < -0.39 is 5.97 Å². The van der Waals surface area contributed by atoms with E-state index in [-0.39, 0.29) is 11.7 Å². The first kappa shape index (κ1) is 10.7. The van der Waals surface area contributed by atoms with E-state index in [1.807, 2.05) is 6.92 Å². The molecule has 16 heavy (non-hydrogen) atoms. The summed E-state index contributed by atoms with van der Waals surface area (Å²) in [7, 11) is 0. The minimum Gasteiger partial charge on any atom is -0.478 e. The fourth-order valence-electron chi connectivity index (χ4n) is 1.90. The third kappa shape index (κ3) is 1.91. The molecule has 1 aliphatic rings. The van der Waals surface area contributed by atoms with Gasteiger partial charge in [0.1, 0.15) is 5.82 Å². The zero-order valence-electron chi connectivity index (χ0n) is 8.83. The van der Waals surface area contributed by atoms with Crippen molar-refractivity contribution in [2.75, 3.05) is 11.9 Å². The molecule has 2 N–H and O–H groups in total. The van der Waals surface area contributed by atoms with Gasteiger partial charge in [0.15, 0.2) is 0 Å². The van der Waals surface area contributed by atoms with Crippen molar-refractivity contribution in [2.24, 2.45) is 0 Å². The highest BCUT2D eigenvalue weighted by molar-refractivity contribution is 5.87. The maximum atomic E-state index is 13.3. The Balaban J connectivity index is 2.46. The zero-order chi connectivity index (χ0) is 11.7. The molecule has 0 amide bonds. The smallest absolute Gasteiger partial charge is 0.328 e. The van der Waals surface area contributed by atoms with Crippen LogP contribution in [0.3, 0.4) is 0 Å². The second-order valence-electron chi connectivity index (χ2n) is 3.91. The highest BCUT2D eigenvalue weighted by atomic mass is 19.1. The molecule has 1 aromatic carbocycles. The normalized spacial score (nSPS) is 18.5. The van der Waals surface area contributed by atoms with E-state index in [9.17, 15) is 9.18 Å². The molecule has 4 heteroatoms. The molecule has 3 nitrogen and oxygen atoms in total. The second-order valence-corrected chi connectivity index (χ2v) is 3.91. The van der Waals surface area contributed by atoms with Gasteiger partial charge in [-0.05, 0) is 23.8 Å². The van der Waals surface area contributed by atoms with E-state index in [2.05, 4.69) is 5.32 Å². The molecular formula is C12H12FNO2. The number of hydrogen-bond acceptors (Lipinski definition) is 2. The number of nitrogens with one attached hydrogen (secondary N) is 1. The standard InChI is InChI=1S/C12H12FNO2/c1-7-6-14-12-8(2-3-11(15)16)4-9(13)5-10(7)12/h2-5,7,14H,6H2,1H3,(H,15,16)/b3-2+. The summed E-state index contributed by atoms with van der Waals surface area (Å²) in [4.78, 5) is 10.4. The molecule has 0 radical (unpaired) electrons. The van der Waals surface area contributed by atoms with Crippen molar-refractivity contribution >= 4 is 17.7 Å². The van der Waals surface area contributed by atoms with E-state index in [4.69, 9.17) is 5.11 Å². The fraction of sp³-hybridized carbons (Fsp3) is 0.250. The number of rotatable bonds is 2. The number of anilines is 1. The third-order valence-electron chi connectivity index (χ3n) is 2.69. The molecule has 1 unspecified atom stereocenters. The summed E-state index contributed by atoms with van der Waals surface area (Å²) in [5, 5.41) is 11.7. The lowest BCUT2D eigenvalue weighted by Gasteiger charge is -2.06. The summed E-state index contributed by atoms with van der Waals surface area (Å²) in [5.74, 6) is -1.12. The molecule has 1 aromatic rings. The molecule has 0 aliphatic carbocycles. The highest BCUT2D eigenvalue weighted by Gasteiger charge is 2.21. The summed E-state index contributed by atoms with van der Waals surface area (Å²) >= 11 is 0. The van der Waals surface area contributed by atoms with Crippen LogP contribution in [-0.2, 0) is 4.79 Å². The van der Waals surface area contributed by atoms with Crippen LogP contribution in [-0.4, -0.2) is 17.6 Å². The lowest BCUT2D eigenvalue weighted by Crippen LogP contribution is -1.96. The van der Waals surface area contributed by atoms with Crippen molar-refractivity contribution in [3.63, 3.8) is 0 Å². The van der Waals surface area contributed by atoms with Gasteiger partial charge in [0.25, 0.3) is 0 Å². The van der Waals surface area contributed by atoms with E-state index in [1.54, 1.807) is 0 Å². The highest BCUT2D eigenvalue weighted by Crippen LogP contribution is 2.35. The van der Waals surface area contributed by atoms with Gasteiger partial charge >= 0.3 is 5.97 Å². The Labute approximate surface area is 92.6 Å². The first-order valence-electron chi connectivity index (χ1n) is 5.06. The first-order valence-corrected chi connectivity index (χ1v) is 5.06. The Morgan fingerprint density at radius 2 is 2.38 bits per heavy atom. The number of benzene rings is 1. The summed E-state index contributed by atoms with van der Waals surface area (Å²) in [6, 6.07) is 2.83. The lowest BCUT2D eigenvalue weighted by atomic mass is 10.00. The predicted molar refractivity (Wildman–Crippen MR) is 60.0 cm³/mol. The summed E-state index contributed by atoms with van der Waals surface area (Å²) in [6.07, 6.45) is 2.43. The van der Waals surface area contributed by atoms with Crippen molar-refractivity contribution in [3.8, 4) is 0 Å². The topological polar surface area (TPSA) is 49.3 Å². The summed E-state index contributed by atoms with van der Waals surface area (Å²) < 4.78 is 13.3. The largest absolute Gasteiger partial charge is 0.478 e. The molecule has 2 rings (SSSR count). The minimum atomic E-state index is -1.04. The molecule has 84 valence electrons. The average molecular weight is 221 g/mol. The Hall–Kier alpha value is -1.84. The number of carbonyl (C=O) groups is 1. The van der Waals surface area contributed by atoms with Crippen LogP contribution >= 0.6 is 0 Å². The van der Waals surface area contributed by atoms with Crippen molar-refractivity contribution < 1.29 is 14.3 Å². The Morgan fingerprint density at radius 3 is 3.06 bits per heavy atom. The summed E-state index contributed by atoms with van der Waals surface area (Å²) in [5.41, 5.74) is 2.33. The molecule has 0 fully saturated rings. The average Bonchev–Trinajstić information content (AvgIpc) is 2.57. The molecule has 1 atom stereocenters. The lowest BCUT2D eigenvalue weighted by molar-refractivity contribution is -0.131. The quantitative estimate of drug-likeness (QED) is 0.754. The van der Waals surface area contributed by atoms with Crippen LogP contribution < -0.4 is 5.32 Å². The van der Waals surface area contributed by atoms with Crippen molar-refractivity contribution in [1.29, 1.82) is 0 Å². The van der Waals surface area contributed by atoms with Gasteiger partial charge in [0.2, 0.25) is 0 Å². The molecule has 1 heterocycles. The Bertz CT molecular complexity index is 468. The molecule has 0 aromatic heterocycles. The van der Waals surface area contributed by atoms with Crippen LogP contribution in [0.1, 0.15) is 24.0 Å². The molecule has 0 bridgehead atoms. The third-order valence-corrected chi connectivity index (χ3v) is 2.69. The Kier molecular flexibility index (Phi) is 2.64. The van der Waals surface area contributed by atoms with E-state index in [1.165, 1.54) is 18.2 Å². The van der Waals surface area contributed by atoms with Crippen LogP contribution in [0.15, 0.2) is 18.2 Å². The molecule has 0 spiro atoms. The fourth-order valence-corrected chi connectivity index (χ4v) is 1.90. The Morgan fingerprint density at radius 1 is 1.62 bits per heavy atom. The number of aliphatic carboxylic acids is 1. The predicted octanol–water partition coefficient (Wildman–Crippen LogP) is 2.45. The van der Waals surface area contributed by atoms with Gasteiger partial charge in [-0.3, -0.25) is 0 Å². The van der Waals surface area contributed by atoms with Crippen LogP contribution in [0.4, 0.5) is 10.1 Å². The van der Waals surface area contributed by atoms with Crippen LogP contribution in [0.5, 0.6) is 0 Å². The van der Waals surface area contributed by atoms with Crippen molar-refractivity contribution in [2.45, 2.75) is 12.8 Å². The number of hydrogen-bond donors (Lipinski definition) is 2. The van der Waals surface area contributed by atoms with Crippen LogP contribution in [0.2, 0.25) is 0 Å². The molecule has 0 saturated carbocycles. The van der Waals surface area contributed by atoms with E-state index in [0.717, 1.165) is 23.9 Å².